The van der Waals surface area contributed by atoms with Crippen LogP contribution in [0.2, 0.25) is 0 Å². The molecule has 2 aliphatic carbocycles. The number of hydrogen-bond acceptors (Lipinski definition) is 4. The molecule has 2 rings (SSSR count). The van der Waals surface area contributed by atoms with Crippen LogP contribution < -0.4 is 0 Å². The van der Waals surface area contributed by atoms with Gasteiger partial charge in [0.25, 0.3) is 0 Å². The fraction of sp³-hybridized carbons (Fsp3) is 0.579. The van der Waals surface area contributed by atoms with E-state index in [4.69, 9.17) is 0 Å². The zero-order valence-corrected chi connectivity index (χ0v) is 14.6. The summed E-state index contributed by atoms with van der Waals surface area (Å²) in [6, 6.07) is 0. The van der Waals surface area contributed by atoms with Crippen molar-refractivity contribution in [1.29, 1.82) is 0 Å². The van der Waals surface area contributed by atoms with E-state index < -0.39 is 39.8 Å². The van der Waals surface area contributed by atoms with Crippen molar-refractivity contribution in [3.8, 4) is 0 Å². The van der Waals surface area contributed by atoms with Crippen molar-refractivity contribution in [1.82, 2.24) is 0 Å². The van der Waals surface area contributed by atoms with Crippen LogP contribution in [0.5, 0.6) is 0 Å². The van der Waals surface area contributed by atoms with Gasteiger partial charge in [0.05, 0.1) is 5.41 Å². The predicted octanol–water partition coefficient (Wildman–Crippen LogP) is 2.77. The highest BCUT2D eigenvalue weighted by Crippen LogP contribution is 2.46. The lowest BCUT2D eigenvalue weighted by atomic mass is 9.59. The summed E-state index contributed by atoms with van der Waals surface area (Å²) in [6.07, 6.45) is 8.09. The number of ketones is 2. The normalized spacial score (nSPS) is 29.2. The third-order valence-electron chi connectivity index (χ3n) is 5.56. The number of carboxylic acid groups (broad SMARTS) is 2. The van der Waals surface area contributed by atoms with Gasteiger partial charge in [-0.25, -0.2) is 0 Å². The standard InChI is InChI=1S/C19H24O6/c1-17(2,13(20)18(15(22)23)9-5-3-6-10-18)14(21)19(16(24)25)11-7-4-8-12-19/h3-5,7H,6,8-12H2,1-2H3,(H,22,23)(H,24,25). The third kappa shape index (κ3) is 2.94. The highest BCUT2D eigenvalue weighted by Gasteiger charge is 2.59. The fourth-order valence-electron chi connectivity index (χ4n) is 3.96. The summed E-state index contributed by atoms with van der Waals surface area (Å²) in [5.41, 5.74) is -5.02. The molecule has 6 nitrogen and oxygen atoms in total. The first-order valence-corrected chi connectivity index (χ1v) is 8.48. The molecule has 0 aromatic heterocycles. The second-order valence-corrected chi connectivity index (χ2v) is 7.49. The van der Waals surface area contributed by atoms with Crippen molar-refractivity contribution in [2.24, 2.45) is 16.2 Å². The average molecular weight is 348 g/mol. The van der Waals surface area contributed by atoms with Crippen LogP contribution in [-0.4, -0.2) is 33.7 Å². The second kappa shape index (κ2) is 6.58. The molecule has 0 radical (unpaired) electrons. The van der Waals surface area contributed by atoms with Gasteiger partial charge >= 0.3 is 11.9 Å². The van der Waals surface area contributed by atoms with E-state index in [-0.39, 0.29) is 25.7 Å². The Bertz CT molecular complexity index is 615. The number of aliphatic carboxylic acids is 2. The number of Topliss-reactive ketones (excluding diaryl/α,β-unsaturated/α-hetero) is 2. The molecule has 0 aromatic carbocycles. The average Bonchev–Trinajstić information content (AvgIpc) is 2.61. The zero-order chi connectivity index (χ0) is 18.9. The molecule has 6 heteroatoms. The number of carboxylic acids is 2. The minimum absolute atomic E-state index is 0.0256. The lowest BCUT2D eigenvalue weighted by molar-refractivity contribution is -0.165. The van der Waals surface area contributed by atoms with Gasteiger partial charge in [-0.05, 0) is 52.4 Å². The summed E-state index contributed by atoms with van der Waals surface area (Å²) in [5.74, 6) is -3.90. The second-order valence-electron chi connectivity index (χ2n) is 7.49. The minimum atomic E-state index is -1.69. The van der Waals surface area contributed by atoms with Gasteiger partial charge in [0.1, 0.15) is 10.8 Å². The quantitative estimate of drug-likeness (QED) is 0.564. The smallest absolute Gasteiger partial charge is 0.317 e. The lowest BCUT2D eigenvalue weighted by Crippen LogP contribution is -2.55. The number of carbonyl (C=O) groups is 4. The summed E-state index contributed by atoms with van der Waals surface area (Å²) in [7, 11) is 0. The van der Waals surface area contributed by atoms with Crippen molar-refractivity contribution in [3.63, 3.8) is 0 Å². The molecule has 136 valence electrons. The van der Waals surface area contributed by atoms with Crippen molar-refractivity contribution >= 4 is 23.5 Å². The molecule has 0 saturated carbocycles. The van der Waals surface area contributed by atoms with Gasteiger partial charge in [-0.3, -0.25) is 19.2 Å². The van der Waals surface area contributed by atoms with Crippen LogP contribution >= 0.6 is 0 Å². The van der Waals surface area contributed by atoms with Crippen LogP contribution in [0, 0.1) is 16.2 Å². The molecular weight excluding hydrogens is 324 g/mol. The van der Waals surface area contributed by atoms with E-state index in [0.29, 0.717) is 12.8 Å². The molecule has 2 aliphatic rings. The molecule has 2 unspecified atom stereocenters. The van der Waals surface area contributed by atoms with Gasteiger partial charge in [-0.2, -0.15) is 0 Å². The van der Waals surface area contributed by atoms with Crippen molar-refractivity contribution in [2.45, 2.75) is 52.4 Å². The van der Waals surface area contributed by atoms with Crippen molar-refractivity contribution in [2.75, 3.05) is 0 Å². The van der Waals surface area contributed by atoms with Crippen molar-refractivity contribution < 1.29 is 29.4 Å². The molecule has 0 amide bonds. The first-order valence-electron chi connectivity index (χ1n) is 8.48. The SMILES string of the molecule is CC(C)(C(=O)C1(C(=O)O)CC=CCC1)C(=O)C1(C(=O)O)CC=CCC1. The molecule has 0 saturated heterocycles. The summed E-state index contributed by atoms with van der Waals surface area (Å²) in [4.78, 5) is 50.1. The molecule has 0 spiro atoms. The van der Waals surface area contributed by atoms with Crippen LogP contribution in [0.25, 0.3) is 0 Å². The van der Waals surface area contributed by atoms with Crippen LogP contribution in [0.15, 0.2) is 24.3 Å². The summed E-state index contributed by atoms with van der Waals surface area (Å²) >= 11 is 0. The Labute approximate surface area is 146 Å². The van der Waals surface area contributed by atoms with Crippen LogP contribution in [-0.2, 0) is 19.2 Å². The topological polar surface area (TPSA) is 109 Å². The monoisotopic (exact) mass is 348 g/mol. The molecule has 25 heavy (non-hydrogen) atoms. The molecule has 0 fully saturated rings. The number of allylic oxidation sites excluding steroid dienone is 4. The highest BCUT2D eigenvalue weighted by atomic mass is 16.4. The molecular formula is C19H24O6. The van der Waals surface area contributed by atoms with Gasteiger partial charge in [-0.1, -0.05) is 24.3 Å². The van der Waals surface area contributed by atoms with E-state index in [1.807, 2.05) is 12.2 Å². The largest absolute Gasteiger partial charge is 0.480 e. The third-order valence-corrected chi connectivity index (χ3v) is 5.56. The molecule has 0 heterocycles. The molecule has 2 atom stereocenters. The number of carbonyl (C=O) groups excluding carboxylic acids is 2. The Kier molecular flexibility index (Phi) is 5.02. The van der Waals surface area contributed by atoms with Gasteiger partial charge in [0.15, 0.2) is 11.6 Å². The van der Waals surface area contributed by atoms with E-state index >= 15 is 0 Å². The molecule has 0 aliphatic heterocycles. The van der Waals surface area contributed by atoms with E-state index in [2.05, 4.69) is 0 Å². The van der Waals surface area contributed by atoms with Gasteiger partial charge < -0.3 is 10.2 Å². The molecule has 0 aromatic rings. The van der Waals surface area contributed by atoms with Gasteiger partial charge in [-0.15, -0.1) is 0 Å². The first-order chi connectivity index (χ1) is 11.6. The highest BCUT2D eigenvalue weighted by molar-refractivity contribution is 6.20. The maximum atomic E-state index is 13.2. The van der Waals surface area contributed by atoms with E-state index in [9.17, 15) is 29.4 Å². The predicted molar refractivity (Wildman–Crippen MR) is 89.9 cm³/mol. The Morgan fingerprint density at radius 2 is 1.12 bits per heavy atom. The summed E-state index contributed by atoms with van der Waals surface area (Å²) in [5, 5.41) is 19.4. The van der Waals surface area contributed by atoms with Crippen molar-refractivity contribution in [3.05, 3.63) is 24.3 Å². The van der Waals surface area contributed by atoms with E-state index in [0.717, 1.165) is 0 Å². The van der Waals surface area contributed by atoms with Gasteiger partial charge in [0.2, 0.25) is 0 Å². The lowest BCUT2D eigenvalue weighted by Gasteiger charge is -2.40. The Morgan fingerprint density at radius 1 is 0.760 bits per heavy atom. The fourth-order valence-corrected chi connectivity index (χ4v) is 3.96. The summed E-state index contributed by atoms with van der Waals surface area (Å²) in [6.45, 7) is 2.73. The Balaban J connectivity index is 2.45. The van der Waals surface area contributed by atoms with Crippen LogP contribution in [0.4, 0.5) is 0 Å². The van der Waals surface area contributed by atoms with Crippen LogP contribution in [0.1, 0.15) is 52.4 Å². The van der Waals surface area contributed by atoms with E-state index in [1.165, 1.54) is 13.8 Å². The van der Waals surface area contributed by atoms with Gasteiger partial charge in [0, 0.05) is 0 Å². The zero-order valence-electron chi connectivity index (χ0n) is 14.6. The number of hydrogen-bond donors (Lipinski definition) is 2. The molecule has 0 bridgehead atoms. The van der Waals surface area contributed by atoms with Crippen LogP contribution in [0.3, 0.4) is 0 Å². The van der Waals surface area contributed by atoms with E-state index in [1.54, 1.807) is 12.2 Å². The molecule has 2 N–H and O–H groups in total. The minimum Gasteiger partial charge on any atom is -0.480 e. The summed E-state index contributed by atoms with van der Waals surface area (Å²) < 4.78 is 0. The number of rotatable bonds is 6. The first kappa shape index (κ1) is 19.1. The Hall–Kier alpha value is -2.24. The maximum absolute atomic E-state index is 13.2. The Morgan fingerprint density at radius 3 is 1.36 bits per heavy atom. The maximum Gasteiger partial charge on any atom is 0.317 e.